The van der Waals surface area contributed by atoms with Crippen molar-refractivity contribution >= 4 is 23.2 Å². The van der Waals surface area contributed by atoms with Gasteiger partial charge in [-0.1, -0.05) is 23.2 Å². The van der Waals surface area contributed by atoms with Crippen LogP contribution in [0.1, 0.15) is 11.5 Å². The third-order valence-corrected chi connectivity index (χ3v) is 3.04. The molecule has 0 atom stereocenters. The monoisotopic (exact) mass is 231 g/mol. The molecule has 1 aliphatic rings. The standard InChI is InChI=1S/C10H11Cl2NO/c1-14-10-8(11)2-6(3-9(10)12)7-4-13-5-7/h2-3,7,13H,4-5H2,1H3. The summed E-state index contributed by atoms with van der Waals surface area (Å²) in [5, 5.41) is 4.38. The maximum absolute atomic E-state index is 6.03. The maximum atomic E-state index is 6.03. The molecule has 2 nitrogen and oxygen atoms in total. The van der Waals surface area contributed by atoms with Crippen LogP contribution in [0.25, 0.3) is 0 Å². The van der Waals surface area contributed by atoms with Crippen LogP contribution in [0.2, 0.25) is 10.0 Å². The van der Waals surface area contributed by atoms with Gasteiger partial charge in [-0.05, 0) is 17.7 Å². The van der Waals surface area contributed by atoms with E-state index in [1.807, 2.05) is 12.1 Å². The van der Waals surface area contributed by atoms with E-state index in [0.717, 1.165) is 13.1 Å². The van der Waals surface area contributed by atoms with Crippen molar-refractivity contribution in [3.8, 4) is 5.75 Å². The second-order valence-corrected chi connectivity index (χ2v) is 4.19. The molecule has 76 valence electrons. The molecule has 0 aliphatic carbocycles. The van der Waals surface area contributed by atoms with Crippen LogP contribution >= 0.6 is 23.2 Å². The minimum absolute atomic E-state index is 0.538. The van der Waals surface area contributed by atoms with Crippen LogP contribution in [0.4, 0.5) is 0 Å². The van der Waals surface area contributed by atoms with Gasteiger partial charge in [0, 0.05) is 19.0 Å². The van der Waals surface area contributed by atoms with Crippen molar-refractivity contribution in [1.29, 1.82) is 0 Å². The molecule has 2 rings (SSSR count). The molecule has 0 spiro atoms. The van der Waals surface area contributed by atoms with E-state index in [9.17, 15) is 0 Å². The fraction of sp³-hybridized carbons (Fsp3) is 0.400. The van der Waals surface area contributed by atoms with Gasteiger partial charge >= 0.3 is 0 Å². The summed E-state index contributed by atoms with van der Waals surface area (Å²) in [7, 11) is 1.57. The highest BCUT2D eigenvalue weighted by atomic mass is 35.5. The third-order valence-electron chi connectivity index (χ3n) is 2.48. The Hall–Kier alpha value is -0.440. The Kier molecular flexibility index (Phi) is 2.86. The summed E-state index contributed by atoms with van der Waals surface area (Å²) in [6, 6.07) is 3.86. The number of methoxy groups -OCH3 is 1. The average molecular weight is 232 g/mol. The number of halogens is 2. The van der Waals surface area contributed by atoms with E-state index in [1.54, 1.807) is 7.11 Å². The maximum Gasteiger partial charge on any atom is 0.156 e. The van der Waals surface area contributed by atoms with Crippen molar-refractivity contribution in [1.82, 2.24) is 5.32 Å². The van der Waals surface area contributed by atoms with Gasteiger partial charge in [-0.25, -0.2) is 0 Å². The highest BCUT2D eigenvalue weighted by Gasteiger charge is 2.21. The molecule has 1 N–H and O–H groups in total. The highest BCUT2D eigenvalue weighted by Crippen LogP contribution is 2.36. The number of nitrogens with one attached hydrogen (secondary N) is 1. The van der Waals surface area contributed by atoms with Crippen LogP contribution in [-0.4, -0.2) is 20.2 Å². The quantitative estimate of drug-likeness (QED) is 0.846. The number of ether oxygens (including phenoxy) is 1. The van der Waals surface area contributed by atoms with Crippen LogP contribution < -0.4 is 10.1 Å². The highest BCUT2D eigenvalue weighted by molar-refractivity contribution is 6.37. The van der Waals surface area contributed by atoms with Crippen molar-refractivity contribution < 1.29 is 4.74 Å². The van der Waals surface area contributed by atoms with E-state index in [1.165, 1.54) is 5.56 Å². The van der Waals surface area contributed by atoms with Crippen LogP contribution in [0.3, 0.4) is 0 Å². The lowest BCUT2D eigenvalue weighted by atomic mass is 9.94. The number of benzene rings is 1. The van der Waals surface area contributed by atoms with Crippen molar-refractivity contribution in [2.24, 2.45) is 0 Å². The first kappa shape index (κ1) is 10.1. The lowest BCUT2D eigenvalue weighted by molar-refractivity contribution is 0.413. The normalized spacial score (nSPS) is 16.5. The molecule has 1 fully saturated rings. The molecular formula is C10H11Cl2NO. The summed E-state index contributed by atoms with van der Waals surface area (Å²) in [5.41, 5.74) is 1.18. The summed E-state index contributed by atoms with van der Waals surface area (Å²) in [5.74, 6) is 1.10. The summed E-state index contributed by atoms with van der Waals surface area (Å²) in [6.07, 6.45) is 0. The molecule has 1 saturated heterocycles. The topological polar surface area (TPSA) is 21.3 Å². The van der Waals surface area contributed by atoms with Gasteiger partial charge in [0.15, 0.2) is 5.75 Å². The third kappa shape index (κ3) is 1.70. The second-order valence-electron chi connectivity index (χ2n) is 3.37. The number of hydrogen-bond acceptors (Lipinski definition) is 2. The number of hydrogen-bond donors (Lipinski definition) is 1. The Balaban J connectivity index is 2.35. The SMILES string of the molecule is COc1c(Cl)cc(C2CNC2)cc1Cl. The van der Waals surface area contributed by atoms with E-state index in [-0.39, 0.29) is 0 Å². The molecule has 0 saturated carbocycles. The number of rotatable bonds is 2. The molecule has 4 heteroatoms. The van der Waals surface area contributed by atoms with Gasteiger partial charge in [0.25, 0.3) is 0 Å². The molecule has 1 aromatic carbocycles. The molecule has 0 radical (unpaired) electrons. The Bertz CT molecular complexity index is 327. The second kappa shape index (κ2) is 3.97. The summed E-state index contributed by atoms with van der Waals surface area (Å²) in [4.78, 5) is 0. The van der Waals surface area contributed by atoms with Crippen LogP contribution in [-0.2, 0) is 0 Å². The Labute approximate surface area is 93.2 Å². The van der Waals surface area contributed by atoms with E-state index < -0.39 is 0 Å². The Morgan fingerprint density at radius 1 is 1.29 bits per heavy atom. The zero-order valence-corrected chi connectivity index (χ0v) is 9.32. The van der Waals surface area contributed by atoms with E-state index in [0.29, 0.717) is 21.7 Å². The summed E-state index contributed by atoms with van der Waals surface area (Å²) in [6.45, 7) is 2.00. The first-order chi connectivity index (χ1) is 6.72. The molecule has 1 aliphatic heterocycles. The van der Waals surface area contributed by atoms with Gasteiger partial charge in [0.1, 0.15) is 0 Å². The first-order valence-corrected chi connectivity index (χ1v) is 5.21. The smallest absolute Gasteiger partial charge is 0.156 e. The van der Waals surface area contributed by atoms with Gasteiger partial charge in [-0.15, -0.1) is 0 Å². The van der Waals surface area contributed by atoms with Gasteiger partial charge < -0.3 is 10.1 Å². The molecule has 1 aromatic rings. The molecular weight excluding hydrogens is 221 g/mol. The Morgan fingerprint density at radius 3 is 2.21 bits per heavy atom. The molecule has 0 aromatic heterocycles. The molecule has 0 bridgehead atoms. The Morgan fingerprint density at radius 2 is 1.86 bits per heavy atom. The zero-order chi connectivity index (χ0) is 10.1. The average Bonchev–Trinajstić information content (AvgIpc) is 2.00. The van der Waals surface area contributed by atoms with Crippen molar-refractivity contribution in [2.45, 2.75) is 5.92 Å². The lowest BCUT2D eigenvalue weighted by Crippen LogP contribution is -2.39. The van der Waals surface area contributed by atoms with Gasteiger partial charge in [0.2, 0.25) is 0 Å². The minimum Gasteiger partial charge on any atom is -0.494 e. The van der Waals surface area contributed by atoms with Crippen molar-refractivity contribution in [3.63, 3.8) is 0 Å². The fourth-order valence-corrected chi connectivity index (χ4v) is 2.19. The summed E-state index contributed by atoms with van der Waals surface area (Å²) >= 11 is 12.1. The van der Waals surface area contributed by atoms with Crippen LogP contribution in [0.15, 0.2) is 12.1 Å². The van der Waals surface area contributed by atoms with Crippen molar-refractivity contribution in [3.05, 3.63) is 27.7 Å². The van der Waals surface area contributed by atoms with Gasteiger partial charge in [0.05, 0.1) is 17.2 Å². The first-order valence-electron chi connectivity index (χ1n) is 4.46. The summed E-state index contributed by atoms with van der Waals surface area (Å²) < 4.78 is 5.08. The van der Waals surface area contributed by atoms with E-state index in [2.05, 4.69) is 5.32 Å². The predicted molar refractivity (Wildman–Crippen MR) is 58.6 cm³/mol. The van der Waals surface area contributed by atoms with Crippen molar-refractivity contribution in [2.75, 3.05) is 20.2 Å². The fourth-order valence-electron chi connectivity index (χ4n) is 1.53. The van der Waals surface area contributed by atoms with E-state index >= 15 is 0 Å². The lowest BCUT2D eigenvalue weighted by Gasteiger charge is -2.28. The molecule has 1 heterocycles. The predicted octanol–water partition coefficient (Wildman–Crippen LogP) is 2.69. The van der Waals surface area contributed by atoms with Crippen LogP contribution in [0, 0.1) is 0 Å². The molecule has 0 amide bonds. The van der Waals surface area contributed by atoms with Crippen LogP contribution in [0.5, 0.6) is 5.75 Å². The zero-order valence-electron chi connectivity index (χ0n) is 7.81. The largest absolute Gasteiger partial charge is 0.494 e. The van der Waals surface area contributed by atoms with Gasteiger partial charge in [-0.3, -0.25) is 0 Å². The molecule has 14 heavy (non-hydrogen) atoms. The molecule has 0 unspecified atom stereocenters. The van der Waals surface area contributed by atoms with E-state index in [4.69, 9.17) is 27.9 Å². The van der Waals surface area contributed by atoms with Gasteiger partial charge in [-0.2, -0.15) is 0 Å². The minimum atomic E-state index is 0.538.